The van der Waals surface area contributed by atoms with Crippen LogP contribution in [-0.4, -0.2) is 37.1 Å². The van der Waals surface area contributed by atoms with E-state index in [1.54, 1.807) is 0 Å². The van der Waals surface area contributed by atoms with Crippen molar-refractivity contribution in [2.24, 2.45) is 0 Å². The molecule has 0 radical (unpaired) electrons. The number of carbonyl (C=O) groups is 1. The van der Waals surface area contributed by atoms with E-state index >= 15 is 0 Å². The summed E-state index contributed by atoms with van der Waals surface area (Å²) < 4.78 is 5.38. The minimum atomic E-state index is 0.139. The van der Waals surface area contributed by atoms with Gasteiger partial charge in [-0.1, -0.05) is 33.6 Å². The van der Waals surface area contributed by atoms with Crippen molar-refractivity contribution in [3.05, 3.63) is 0 Å². The molecule has 0 aliphatic rings. The summed E-state index contributed by atoms with van der Waals surface area (Å²) in [6.07, 6.45) is 5.46. The first-order valence-corrected chi connectivity index (χ1v) is 6.61. The van der Waals surface area contributed by atoms with Crippen LogP contribution in [0.3, 0.4) is 0 Å². The summed E-state index contributed by atoms with van der Waals surface area (Å²) in [5.41, 5.74) is 0. The van der Waals surface area contributed by atoms with Gasteiger partial charge in [0.25, 0.3) is 0 Å². The number of hydrogen-bond acceptors (Lipinski definition) is 2. The van der Waals surface area contributed by atoms with Gasteiger partial charge in [-0.15, -0.1) is 0 Å². The Kier molecular flexibility index (Phi) is 10.5. The molecule has 0 saturated heterocycles. The highest BCUT2D eigenvalue weighted by Gasteiger charge is 2.10. The zero-order valence-corrected chi connectivity index (χ0v) is 11.1. The average molecular weight is 229 g/mol. The smallest absolute Gasteiger partial charge is 0.248 e. The van der Waals surface area contributed by atoms with E-state index in [1.807, 2.05) is 4.90 Å². The molecule has 0 heterocycles. The molecule has 0 N–H and O–H groups in total. The van der Waals surface area contributed by atoms with Crippen molar-refractivity contribution in [3.8, 4) is 0 Å². The van der Waals surface area contributed by atoms with E-state index in [0.717, 1.165) is 32.4 Å². The predicted octanol–water partition coefficient (Wildman–Crippen LogP) is 2.84. The molecule has 16 heavy (non-hydrogen) atoms. The summed E-state index contributed by atoms with van der Waals surface area (Å²) in [4.78, 5) is 13.7. The van der Waals surface area contributed by atoms with Gasteiger partial charge < -0.3 is 9.64 Å². The molecule has 0 saturated carbocycles. The fourth-order valence-corrected chi connectivity index (χ4v) is 1.61. The van der Waals surface area contributed by atoms with Crippen LogP contribution in [0.2, 0.25) is 0 Å². The van der Waals surface area contributed by atoms with Crippen LogP contribution in [0, 0.1) is 0 Å². The lowest BCUT2D eigenvalue weighted by molar-refractivity contribution is -0.136. The molecule has 0 aliphatic heterocycles. The van der Waals surface area contributed by atoms with Crippen molar-refractivity contribution < 1.29 is 9.53 Å². The summed E-state index contributed by atoms with van der Waals surface area (Å²) in [6.45, 7) is 9.02. The molecule has 0 fully saturated rings. The Labute approximate surface area is 100 Å². The van der Waals surface area contributed by atoms with Gasteiger partial charge in [-0.25, -0.2) is 0 Å². The van der Waals surface area contributed by atoms with Crippen LogP contribution >= 0.6 is 0 Å². The van der Waals surface area contributed by atoms with E-state index in [1.165, 1.54) is 12.8 Å². The van der Waals surface area contributed by atoms with E-state index in [2.05, 4.69) is 20.8 Å². The standard InChI is InChI=1S/C13H27NO2/c1-4-7-8-11-16-12-13(15)14(9-5-2)10-6-3/h4-12H2,1-3H3. The molecule has 0 aromatic rings. The molecule has 0 aromatic carbocycles. The first-order chi connectivity index (χ1) is 7.76. The zero-order valence-electron chi connectivity index (χ0n) is 11.1. The number of hydrogen-bond donors (Lipinski definition) is 0. The largest absolute Gasteiger partial charge is 0.372 e. The molecule has 96 valence electrons. The van der Waals surface area contributed by atoms with Crippen LogP contribution in [0.1, 0.15) is 52.9 Å². The van der Waals surface area contributed by atoms with Crippen molar-refractivity contribution in [3.63, 3.8) is 0 Å². The van der Waals surface area contributed by atoms with Gasteiger partial charge in [0, 0.05) is 19.7 Å². The highest BCUT2D eigenvalue weighted by molar-refractivity contribution is 5.77. The summed E-state index contributed by atoms with van der Waals surface area (Å²) in [5, 5.41) is 0. The van der Waals surface area contributed by atoms with E-state index in [4.69, 9.17) is 4.74 Å². The first-order valence-electron chi connectivity index (χ1n) is 6.61. The van der Waals surface area contributed by atoms with Gasteiger partial charge in [-0.05, 0) is 19.3 Å². The van der Waals surface area contributed by atoms with E-state index in [-0.39, 0.29) is 12.5 Å². The minimum Gasteiger partial charge on any atom is -0.372 e. The van der Waals surface area contributed by atoms with E-state index < -0.39 is 0 Å². The Morgan fingerprint density at radius 2 is 1.62 bits per heavy atom. The third kappa shape index (κ3) is 7.69. The van der Waals surface area contributed by atoms with Crippen LogP contribution < -0.4 is 0 Å². The third-order valence-electron chi connectivity index (χ3n) is 2.46. The fourth-order valence-electron chi connectivity index (χ4n) is 1.61. The third-order valence-corrected chi connectivity index (χ3v) is 2.46. The molecule has 0 spiro atoms. The number of rotatable bonds is 10. The Morgan fingerprint density at radius 1 is 1.00 bits per heavy atom. The molecular weight excluding hydrogens is 202 g/mol. The maximum absolute atomic E-state index is 11.8. The maximum atomic E-state index is 11.8. The van der Waals surface area contributed by atoms with Crippen molar-refractivity contribution in [1.29, 1.82) is 0 Å². The summed E-state index contributed by atoms with van der Waals surface area (Å²) in [7, 11) is 0. The van der Waals surface area contributed by atoms with Gasteiger partial charge in [-0.2, -0.15) is 0 Å². The van der Waals surface area contributed by atoms with Crippen molar-refractivity contribution in [2.75, 3.05) is 26.3 Å². The van der Waals surface area contributed by atoms with Crippen molar-refractivity contribution >= 4 is 5.91 Å². The molecule has 3 nitrogen and oxygen atoms in total. The van der Waals surface area contributed by atoms with E-state index in [9.17, 15) is 4.79 Å². The Bertz CT molecular complexity index is 165. The van der Waals surface area contributed by atoms with E-state index in [0.29, 0.717) is 6.61 Å². The number of unbranched alkanes of at least 4 members (excludes halogenated alkanes) is 2. The monoisotopic (exact) mass is 229 g/mol. The molecule has 1 amide bonds. The lowest BCUT2D eigenvalue weighted by Gasteiger charge is -2.21. The fraction of sp³-hybridized carbons (Fsp3) is 0.923. The van der Waals surface area contributed by atoms with Crippen LogP contribution in [0.5, 0.6) is 0 Å². The second kappa shape index (κ2) is 10.9. The van der Waals surface area contributed by atoms with Gasteiger partial charge in [-0.3, -0.25) is 4.79 Å². The van der Waals surface area contributed by atoms with Crippen molar-refractivity contribution in [2.45, 2.75) is 52.9 Å². The number of carbonyl (C=O) groups excluding carboxylic acids is 1. The Balaban J connectivity index is 3.65. The van der Waals surface area contributed by atoms with Gasteiger partial charge in [0.05, 0.1) is 0 Å². The van der Waals surface area contributed by atoms with Crippen molar-refractivity contribution in [1.82, 2.24) is 4.90 Å². The normalized spacial score (nSPS) is 10.4. The van der Waals surface area contributed by atoms with Crippen LogP contribution in [0.25, 0.3) is 0 Å². The molecule has 0 rings (SSSR count). The second-order valence-corrected chi connectivity index (χ2v) is 4.14. The molecule has 0 aliphatic carbocycles. The summed E-state index contributed by atoms with van der Waals surface area (Å²) >= 11 is 0. The Hall–Kier alpha value is -0.570. The molecule has 0 atom stereocenters. The molecular formula is C13H27NO2. The van der Waals surface area contributed by atoms with Gasteiger partial charge in [0.15, 0.2) is 0 Å². The lowest BCUT2D eigenvalue weighted by Crippen LogP contribution is -2.35. The number of ether oxygens (including phenoxy) is 1. The first kappa shape index (κ1) is 15.4. The molecule has 3 heteroatoms. The summed E-state index contributed by atoms with van der Waals surface area (Å²) in [5.74, 6) is 0.139. The van der Waals surface area contributed by atoms with Crippen LogP contribution in [0.4, 0.5) is 0 Å². The Morgan fingerprint density at radius 3 is 2.12 bits per heavy atom. The molecule has 0 bridgehead atoms. The highest BCUT2D eigenvalue weighted by atomic mass is 16.5. The van der Waals surface area contributed by atoms with Gasteiger partial charge in [0.1, 0.15) is 6.61 Å². The lowest BCUT2D eigenvalue weighted by atomic mass is 10.3. The van der Waals surface area contributed by atoms with Gasteiger partial charge in [0.2, 0.25) is 5.91 Å². The highest BCUT2D eigenvalue weighted by Crippen LogP contribution is 1.98. The molecule has 0 unspecified atom stereocenters. The minimum absolute atomic E-state index is 0.139. The number of nitrogens with zero attached hydrogens (tertiary/aromatic N) is 1. The predicted molar refractivity (Wildman–Crippen MR) is 67.5 cm³/mol. The van der Waals surface area contributed by atoms with Crippen LogP contribution in [-0.2, 0) is 9.53 Å². The topological polar surface area (TPSA) is 29.5 Å². The van der Waals surface area contributed by atoms with Crippen LogP contribution in [0.15, 0.2) is 0 Å². The number of amides is 1. The van der Waals surface area contributed by atoms with Gasteiger partial charge >= 0.3 is 0 Å². The SMILES string of the molecule is CCCCCOCC(=O)N(CCC)CCC. The zero-order chi connectivity index (χ0) is 12.2. The maximum Gasteiger partial charge on any atom is 0.248 e. The summed E-state index contributed by atoms with van der Waals surface area (Å²) in [6, 6.07) is 0. The second-order valence-electron chi connectivity index (χ2n) is 4.14. The molecule has 0 aromatic heterocycles. The quantitative estimate of drug-likeness (QED) is 0.539. The average Bonchev–Trinajstić information content (AvgIpc) is 2.28.